The van der Waals surface area contributed by atoms with Gasteiger partial charge in [0.25, 0.3) is 0 Å². The summed E-state index contributed by atoms with van der Waals surface area (Å²) in [6.07, 6.45) is 25.8. The van der Waals surface area contributed by atoms with Gasteiger partial charge in [-0.1, -0.05) is 195 Å². The quantitative estimate of drug-likeness (QED) is 0.0222. The maximum absolute atomic E-state index is 12.8. The van der Waals surface area contributed by atoms with Gasteiger partial charge in [-0.15, -0.1) is 0 Å². The molecule has 0 rings (SSSR count). The Hall–Kier alpha value is -1.94. The molecule has 0 aromatic heterocycles. The van der Waals surface area contributed by atoms with E-state index < -0.39 is 97.5 Å². The maximum atomic E-state index is 12.8. The van der Waals surface area contributed by atoms with Crippen LogP contribution in [0.4, 0.5) is 0 Å². The van der Waals surface area contributed by atoms with E-state index in [1.54, 1.807) is 0 Å². The molecule has 0 radical (unpaired) electrons. The first-order valence-corrected chi connectivity index (χ1v) is 30.6. The monoisotopic (exact) mass is 1060 g/mol. The van der Waals surface area contributed by atoms with E-state index in [0.717, 1.165) is 121 Å². The lowest BCUT2D eigenvalue weighted by Gasteiger charge is -2.21. The van der Waals surface area contributed by atoms with Crippen LogP contribution in [0.15, 0.2) is 0 Å². The fourth-order valence-electron chi connectivity index (χ4n) is 7.46. The van der Waals surface area contributed by atoms with E-state index in [4.69, 9.17) is 37.0 Å². The van der Waals surface area contributed by atoms with Gasteiger partial charge in [-0.05, 0) is 31.6 Å². The van der Waals surface area contributed by atoms with E-state index in [0.29, 0.717) is 25.7 Å². The fourth-order valence-corrected chi connectivity index (χ4v) is 9.04. The van der Waals surface area contributed by atoms with Crippen molar-refractivity contribution < 1.29 is 80.2 Å². The Morgan fingerprint density at radius 2 is 0.648 bits per heavy atom. The molecule has 0 saturated carbocycles. The highest BCUT2D eigenvalue weighted by Crippen LogP contribution is 2.45. The Bertz CT molecular complexity index is 1420. The van der Waals surface area contributed by atoms with E-state index in [-0.39, 0.29) is 25.7 Å². The molecule has 19 heteroatoms. The number of aliphatic hydroxyl groups is 1. The SMILES string of the molecule is CCCCCCCCCCC(=O)OC[C@H](COP(=O)(O)OC[C@@H](O)COP(=O)(O)OC[C@@H](COC(=O)CCCCCCC)OC(=O)CCCCCCCCC)OC(=O)CCCCCCCCCCC(C)C. The van der Waals surface area contributed by atoms with Crippen molar-refractivity contribution in [1.29, 1.82) is 0 Å². The Morgan fingerprint density at radius 3 is 0.958 bits per heavy atom. The highest BCUT2D eigenvalue weighted by Gasteiger charge is 2.30. The van der Waals surface area contributed by atoms with Crippen LogP contribution < -0.4 is 0 Å². The lowest BCUT2D eigenvalue weighted by atomic mass is 10.0. The average Bonchev–Trinajstić information content (AvgIpc) is 3.33. The molecule has 17 nitrogen and oxygen atoms in total. The Labute approximate surface area is 428 Å². The van der Waals surface area contributed by atoms with Gasteiger partial charge < -0.3 is 33.8 Å². The van der Waals surface area contributed by atoms with Crippen LogP contribution in [0.2, 0.25) is 0 Å². The molecule has 0 aromatic rings. The molecule has 0 aliphatic carbocycles. The number of carbonyl (C=O) groups is 4. The molecule has 2 unspecified atom stereocenters. The number of rotatable bonds is 52. The van der Waals surface area contributed by atoms with Crippen LogP contribution in [0.3, 0.4) is 0 Å². The standard InChI is InChI=1S/C52H100O17P2/c1-6-9-12-15-17-22-26-31-36-50(55)63-42-48(69-52(57)38-33-28-23-19-18-21-25-29-34-45(4)5)44-67-71(60,61)65-40-46(53)39-64-70(58,59)66-43-47(41-62-49(54)35-30-24-14-11-8-3)68-51(56)37-32-27-20-16-13-10-7-2/h45-48,53H,6-44H2,1-5H3,(H,58,59)(H,60,61)/t46-,47+,48+/m0/s1. The summed E-state index contributed by atoms with van der Waals surface area (Å²) in [6, 6.07) is 0. The van der Waals surface area contributed by atoms with Crippen LogP contribution in [0.5, 0.6) is 0 Å². The van der Waals surface area contributed by atoms with Crippen LogP contribution >= 0.6 is 15.6 Å². The molecule has 0 fully saturated rings. The number of aliphatic hydroxyl groups excluding tert-OH is 1. The smallest absolute Gasteiger partial charge is 0.462 e. The summed E-state index contributed by atoms with van der Waals surface area (Å²) in [5.41, 5.74) is 0. The average molecular weight is 1060 g/mol. The van der Waals surface area contributed by atoms with Gasteiger partial charge in [0, 0.05) is 25.7 Å². The van der Waals surface area contributed by atoms with Gasteiger partial charge in [0.15, 0.2) is 12.2 Å². The lowest BCUT2D eigenvalue weighted by Crippen LogP contribution is -2.30. The summed E-state index contributed by atoms with van der Waals surface area (Å²) in [5, 5.41) is 10.4. The molecule has 420 valence electrons. The summed E-state index contributed by atoms with van der Waals surface area (Å²) in [5.74, 6) is -1.45. The topological polar surface area (TPSA) is 237 Å². The molecule has 71 heavy (non-hydrogen) atoms. The normalized spacial score (nSPS) is 14.6. The van der Waals surface area contributed by atoms with Crippen molar-refractivity contribution in [1.82, 2.24) is 0 Å². The second kappa shape index (κ2) is 46.6. The minimum atomic E-state index is -4.93. The van der Waals surface area contributed by atoms with Gasteiger partial charge in [0.05, 0.1) is 26.4 Å². The number of unbranched alkanes of at least 4 members (excludes halogenated alkanes) is 24. The van der Waals surface area contributed by atoms with Gasteiger partial charge in [-0.3, -0.25) is 37.3 Å². The summed E-state index contributed by atoms with van der Waals surface area (Å²) >= 11 is 0. The maximum Gasteiger partial charge on any atom is 0.472 e. The van der Waals surface area contributed by atoms with Crippen molar-refractivity contribution in [3.63, 3.8) is 0 Å². The van der Waals surface area contributed by atoms with Crippen molar-refractivity contribution in [2.45, 2.75) is 265 Å². The van der Waals surface area contributed by atoms with Gasteiger partial charge in [0.1, 0.15) is 19.3 Å². The van der Waals surface area contributed by atoms with Gasteiger partial charge in [-0.25, -0.2) is 9.13 Å². The molecule has 5 atom stereocenters. The molecule has 0 amide bonds. The number of hydrogen-bond acceptors (Lipinski definition) is 15. The zero-order chi connectivity index (χ0) is 52.9. The van der Waals surface area contributed by atoms with E-state index in [2.05, 4.69) is 34.6 Å². The highest BCUT2D eigenvalue weighted by atomic mass is 31.2. The molecular formula is C52H100O17P2. The zero-order valence-corrected chi connectivity index (χ0v) is 46.6. The summed E-state index contributed by atoms with van der Waals surface area (Å²) in [4.78, 5) is 71.2. The molecule has 0 aromatic carbocycles. The van der Waals surface area contributed by atoms with Crippen molar-refractivity contribution in [3.8, 4) is 0 Å². The lowest BCUT2D eigenvalue weighted by molar-refractivity contribution is -0.161. The van der Waals surface area contributed by atoms with E-state index in [1.807, 2.05) is 0 Å². The number of phosphoric acid groups is 2. The van der Waals surface area contributed by atoms with Crippen LogP contribution in [0.25, 0.3) is 0 Å². The van der Waals surface area contributed by atoms with Crippen LogP contribution in [0, 0.1) is 5.92 Å². The first-order chi connectivity index (χ1) is 34.0. The third kappa shape index (κ3) is 47.5. The molecular weight excluding hydrogens is 959 g/mol. The molecule has 0 heterocycles. The van der Waals surface area contributed by atoms with Crippen molar-refractivity contribution in [3.05, 3.63) is 0 Å². The minimum absolute atomic E-state index is 0.102. The fraction of sp³-hybridized carbons (Fsp3) is 0.923. The van der Waals surface area contributed by atoms with Gasteiger partial charge in [0.2, 0.25) is 0 Å². The predicted octanol–water partition coefficient (Wildman–Crippen LogP) is 13.1. The molecule has 0 aliphatic rings. The third-order valence-corrected chi connectivity index (χ3v) is 13.7. The highest BCUT2D eigenvalue weighted by molar-refractivity contribution is 7.47. The third-order valence-electron chi connectivity index (χ3n) is 11.8. The second-order valence-corrected chi connectivity index (χ2v) is 22.3. The Morgan fingerprint density at radius 1 is 0.380 bits per heavy atom. The van der Waals surface area contributed by atoms with E-state index in [1.165, 1.54) is 44.9 Å². The molecule has 0 spiro atoms. The summed E-state index contributed by atoms with van der Waals surface area (Å²) in [6.45, 7) is 6.89. The van der Waals surface area contributed by atoms with E-state index >= 15 is 0 Å². The van der Waals surface area contributed by atoms with Crippen LogP contribution in [-0.4, -0.2) is 96.7 Å². The van der Waals surface area contributed by atoms with Gasteiger partial charge in [-0.2, -0.15) is 0 Å². The van der Waals surface area contributed by atoms with Crippen LogP contribution in [-0.2, 0) is 65.4 Å². The first kappa shape index (κ1) is 69.1. The van der Waals surface area contributed by atoms with E-state index in [9.17, 15) is 43.2 Å². The summed E-state index contributed by atoms with van der Waals surface area (Å²) in [7, 11) is -9.84. The number of carbonyl (C=O) groups excluding carboxylic acids is 4. The largest absolute Gasteiger partial charge is 0.472 e. The van der Waals surface area contributed by atoms with Crippen LogP contribution in [0.1, 0.15) is 247 Å². The minimum Gasteiger partial charge on any atom is -0.462 e. The Kier molecular flexibility index (Phi) is 45.3. The van der Waals surface area contributed by atoms with Crippen molar-refractivity contribution in [2.75, 3.05) is 39.6 Å². The predicted molar refractivity (Wildman–Crippen MR) is 275 cm³/mol. The zero-order valence-electron chi connectivity index (χ0n) is 44.8. The van der Waals surface area contributed by atoms with Gasteiger partial charge >= 0.3 is 39.5 Å². The number of esters is 4. The van der Waals surface area contributed by atoms with Crippen molar-refractivity contribution >= 4 is 39.5 Å². The molecule has 3 N–H and O–H groups in total. The summed E-state index contributed by atoms with van der Waals surface area (Å²) < 4.78 is 67.1. The number of ether oxygens (including phenoxy) is 4. The molecule has 0 bridgehead atoms. The molecule has 0 aliphatic heterocycles. The molecule has 0 saturated heterocycles. The Balaban J connectivity index is 5.17. The number of hydrogen-bond donors (Lipinski definition) is 3. The first-order valence-electron chi connectivity index (χ1n) is 27.6. The van der Waals surface area contributed by atoms with Crippen molar-refractivity contribution in [2.24, 2.45) is 5.92 Å². The number of phosphoric ester groups is 2. The second-order valence-electron chi connectivity index (χ2n) is 19.4.